The quantitative estimate of drug-likeness (QED) is 0.350. The van der Waals surface area contributed by atoms with Gasteiger partial charge in [0.05, 0.1) is 0 Å². The van der Waals surface area contributed by atoms with Crippen LogP contribution in [0.15, 0.2) is 0 Å². The van der Waals surface area contributed by atoms with Gasteiger partial charge in [0.2, 0.25) is 0 Å². The van der Waals surface area contributed by atoms with Crippen molar-refractivity contribution in [2.75, 3.05) is 26.4 Å². The van der Waals surface area contributed by atoms with Crippen LogP contribution in [0, 0.1) is 0 Å². The van der Waals surface area contributed by atoms with E-state index in [1.807, 2.05) is 0 Å². The van der Waals surface area contributed by atoms with Gasteiger partial charge >= 0.3 is 23.1 Å². The molecule has 2 heterocycles. The molecule has 0 atom stereocenters. The first-order valence-electron chi connectivity index (χ1n) is 12.2. The van der Waals surface area contributed by atoms with Crippen molar-refractivity contribution in [3.05, 3.63) is 0 Å². The molecule has 0 aromatic heterocycles. The van der Waals surface area contributed by atoms with Gasteiger partial charge in [0.25, 0.3) is 0 Å². The van der Waals surface area contributed by atoms with E-state index in [0.717, 1.165) is 26.4 Å². The van der Waals surface area contributed by atoms with Crippen LogP contribution >= 0.6 is 0 Å². The van der Waals surface area contributed by atoms with Crippen LogP contribution in [0.1, 0.15) is 25.7 Å². The molecule has 0 unspecified atom stereocenters. The van der Waals surface area contributed by atoms with Crippen molar-refractivity contribution < 1.29 is 9.47 Å². The topological polar surface area (TPSA) is 18.5 Å². The van der Waals surface area contributed by atoms with E-state index in [0.29, 0.717) is 0 Å². The molecule has 0 saturated carbocycles. The van der Waals surface area contributed by atoms with Crippen LogP contribution in [0.5, 0.6) is 0 Å². The van der Waals surface area contributed by atoms with Gasteiger partial charge in [-0.3, -0.25) is 15.7 Å². The zero-order valence-electron chi connectivity index (χ0n) is 24.2. The zero-order valence-corrected chi connectivity index (χ0v) is 31.6. The maximum atomic E-state index is 4.94. The smallest absolute Gasteiger partial charge is 0.381 e. The number of hydrogen-bond acceptors (Lipinski definition) is 2. The molecule has 2 fully saturated rings. The summed E-state index contributed by atoms with van der Waals surface area (Å²) in [4.78, 5) is 0. The van der Waals surface area contributed by atoms with Gasteiger partial charge in [-0.15, -0.1) is 30.4 Å². The Morgan fingerprint density at radius 3 is 0.613 bits per heavy atom. The molecule has 0 amide bonds. The number of hydrogen-bond donors (Lipinski definition) is 0. The molecule has 0 aliphatic carbocycles. The van der Waals surface area contributed by atoms with E-state index >= 15 is 0 Å². The van der Waals surface area contributed by atoms with Crippen LogP contribution in [-0.4, -0.2) is 95.5 Å². The van der Waals surface area contributed by atoms with Crippen molar-refractivity contribution >= 4 is 69.1 Å². The standard InChI is InChI=1S/2C7H21Si3.2C4H8O.Mg/c2*1-8(9(2,3)4)10(5,6)7;2*1-2-4-5-3-1;/h2*1-7H3;2*1-4H2;/q2*-1;;;+2. The van der Waals surface area contributed by atoms with Crippen molar-refractivity contribution in [1.29, 1.82) is 0 Å². The third kappa shape index (κ3) is 22.2. The molecule has 2 saturated heterocycles. The second-order valence-electron chi connectivity index (χ2n) is 12.9. The van der Waals surface area contributed by atoms with Gasteiger partial charge in [-0.2, -0.15) is 13.1 Å². The van der Waals surface area contributed by atoms with Gasteiger partial charge in [-0.05, 0) is 25.7 Å². The molecule has 9 heteroatoms. The minimum Gasteiger partial charge on any atom is -0.381 e. The molecule has 0 N–H and O–H groups in total. The first kappa shape index (κ1) is 37.5. The van der Waals surface area contributed by atoms with E-state index in [4.69, 9.17) is 9.47 Å². The van der Waals surface area contributed by atoms with E-state index in [2.05, 4.69) is 91.7 Å². The third-order valence-corrected chi connectivity index (χ3v) is 69.2. The predicted molar refractivity (Wildman–Crippen MR) is 162 cm³/mol. The molecular weight excluding hydrogens is 489 g/mol. The number of rotatable bonds is 4. The monoisotopic (exact) mass is 546 g/mol. The van der Waals surface area contributed by atoms with Gasteiger partial charge in [0, 0.05) is 26.4 Å². The average molecular weight is 548 g/mol. The van der Waals surface area contributed by atoms with Crippen molar-refractivity contribution in [2.45, 2.75) is 117 Å². The predicted octanol–water partition coefficient (Wildman–Crippen LogP) is 7.10. The van der Waals surface area contributed by atoms with Gasteiger partial charge in [0.1, 0.15) is 0 Å². The molecule has 0 bridgehead atoms. The molecule has 0 radical (unpaired) electrons. The summed E-state index contributed by atoms with van der Waals surface area (Å²) in [6.45, 7) is 39.4. The minimum absolute atomic E-state index is 0. The summed E-state index contributed by atoms with van der Waals surface area (Å²) in [7, 11) is -2.82. The molecule has 184 valence electrons. The second kappa shape index (κ2) is 17.4. The summed E-state index contributed by atoms with van der Waals surface area (Å²) in [5, 5.41) is 0. The van der Waals surface area contributed by atoms with Gasteiger partial charge in [-0.25, -0.2) is 0 Å². The van der Waals surface area contributed by atoms with E-state index in [1.165, 1.54) is 25.7 Å². The van der Waals surface area contributed by atoms with Crippen molar-refractivity contribution in [2.24, 2.45) is 0 Å². The van der Waals surface area contributed by atoms with Gasteiger partial charge < -0.3 is 9.47 Å². The molecule has 2 nitrogen and oxygen atoms in total. The van der Waals surface area contributed by atoms with Crippen LogP contribution in [-0.2, 0) is 9.47 Å². The Morgan fingerprint density at radius 2 is 0.581 bits per heavy atom. The zero-order chi connectivity index (χ0) is 24.2. The van der Waals surface area contributed by atoms with Crippen LogP contribution < -0.4 is 0 Å². The molecule has 2 aliphatic rings. The Balaban J connectivity index is -0.000000348. The molecule has 31 heavy (non-hydrogen) atoms. The maximum Gasteiger partial charge on any atom is 2.00 e. The van der Waals surface area contributed by atoms with E-state index in [9.17, 15) is 0 Å². The van der Waals surface area contributed by atoms with E-state index in [1.54, 1.807) is 0 Å². The third-order valence-electron chi connectivity index (χ3n) is 6.15. The van der Waals surface area contributed by atoms with Crippen molar-refractivity contribution in [3.8, 4) is 0 Å². The normalized spacial score (nSPS) is 17.0. The first-order chi connectivity index (χ1) is 13.3. The fourth-order valence-electron chi connectivity index (χ4n) is 3.27. The van der Waals surface area contributed by atoms with Gasteiger partial charge in [0.15, 0.2) is 0 Å². The Bertz CT molecular complexity index is 334. The summed E-state index contributed by atoms with van der Waals surface area (Å²) in [6.07, 6.45) is 5.11. The van der Waals surface area contributed by atoms with Crippen molar-refractivity contribution in [3.63, 3.8) is 0 Å². The Morgan fingerprint density at radius 1 is 0.419 bits per heavy atom. The molecule has 0 spiro atoms. The molecule has 2 aliphatic heterocycles. The maximum absolute atomic E-state index is 4.94. The van der Waals surface area contributed by atoms with Crippen LogP contribution in [0.2, 0.25) is 91.7 Å². The van der Waals surface area contributed by atoms with E-state index in [-0.39, 0.29) is 38.7 Å². The Kier molecular flexibility index (Phi) is 21.1. The Hall–Kier alpha value is 1.99. The largest absolute Gasteiger partial charge is 2.00 e. The average Bonchev–Trinajstić information content (AvgIpc) is 3.28. The summed E-state index contributed by atoms with van der Waals surface area (Å²) in [5.41, 5.74) is 0. The molecule has 0 aromatic carbocycles. The van der Waals surface area contributed by atoms with Crippen molar-refractivity contribution in [1.82, 2.24) is 0 Å². The first-order valence-corrected chi connectivity index (χ1v) is 34.2. The molecule has 0 aromatic rings. The SMILES string of the molecule is C1CCOC1.C1CCOC1.C[Si-]([Si](C)(C)C)[Si](C)(C)C.C[Si-]([Si](C)(C)C)[Si](C)(C)C.[Mg+2]. The molecule has 2 rings (SSSR count). The van der Waals surface area contributed by atoms with E-state index < -0.39 is 30.4 Å². The second-order valence-corrected chi connectivity index (χ2v) is 63.4. The van der Waals surface area contributed by atoms with Crippen LogP contribution in [0.4, 0.5) is 0 Å². The Labute approximate surface area is 221 Å². The fourth-order valence-corrected chi connectivity index (χ4v) is 61.8. The van der Waals surface area contributed by atoms with Gasteiger partial charge in [-0.1, -0.05) is 78.6 Å². The summed E-state index contributed by atoms with van der Waals surface area (Å²) >= 11 is 0. The van der Waals surface area contributed by atoms with Crippen LogP contribution in [0.3, 0.4) is 0 Å². The van der Waals surface area contributed by atoms with Crippen LogP contribution in [0.25, 0.3) is 0 Å². The molecular formula is C22H58MgO2Si6. The summed E-state index contributed by atoms with van der Waals surface area (Å²) < 4.78 is 9.89. The minimum atomic E-state index is -0.732. The summed E-state index contributed by atoms with van der Waals surface area (Å²) in [5.74, 6) is 0. The number of ether oxygens (including phenoxy) is 2. The summed E-state index contributed by atoms with van der Waals surface area (Å²) in [6, 6.07) is 0. The fraction of sp³-hybridized carbons (Fsp3) is 1.00.